The number of carbonyl (C=O) groups excluding carboxylic acids is 1. The van der Waals surface area contributed by atoms with E-state index in [2.05, 4.69) is 8.92 Å². The summed E-state index contributed by atoms with van der Waals surface area (Å²) in [5.41, 5.74) is 0. The quantitative estimate of drug-likeness (QED) is 0.309. The minimum Gasteiger partial charge on any atom is -0.431 e. The van der Waals surface area contributed by atoms with E-state index in [4.69, 9.17) is 4.18 Å². The molecule has 1 rings (SSSR count). The van der Waals surface area contributed by atoms with Crippen LogP contribution in [0.1, 0.15) is 0 Å². The van der Waals surface area contributed by atoms with Gasteiger partial charge in [0.05, 0.1) is 6.61 Å². The van der Waals surface area contributed by atoms with Gasteiger partial charge in [0.25, 0.3) is 0 Å². The van der Waals surface area contributed by atoms with Gasteiger partial charge in [-0.1, -0.05) is 0 Å². The second kappa shape index (κ2) is 3.86. The molecule has 9 heavy (non-hydrogen) atoms. The first kappa shape index (κ1) is 7.04. The normalized spacial score (nSPS) is 21.1. The number of hydrogen-bond acceptors (Lipinski definition) is 6. The maximum atomic E-state index is 10.3. The summed E-state index contributed by atoms with van der Waals surface area (Å²) in [5, 5.41) is 0. The summed E-state index contributed by atoms with van der Waals surface area (Å²) in [5.74, 6) is 0. The highest BCUT2D eigenvalue weighted by atomic mass is 33.1. The molecule has 0 spiro atoms. The molecule has 0 bridgehead atoms. The van der Waals surface area contributed by atoms with Gasteiger partial charge in [0.2, 0.25) is 0 Å². The van der Waals surface area contributed by atoms with Crippen molar-refractivity contribution in [3.8, 4) is 0 Å². The van der Waals surface area contributed by atoms with Crippen molar-refractivity contribution in [3.05, 3.63) is 0 Å². The zero-order chi connectivity index (χ0) is 6.53. The average molecular weight is 168 g/mol. The minimum absolute atomic E-state index is 0.256. The number of hydrogen-bond donors (Lipinski definition) is 0. The van der Waals surface area contributed by atoms with Gasteiger partial charge in [-0.3, -0.25) is 4.18 Å². The number of rotatable bonds is 0. The Morgan fingerprint density at radius 3 is 3.11 bits per heavy atom. The molecule has 0 unspecified atom stereocenters. The van der Waals surface area contributed by atoms with E-state index in [0.717, 1.165) is 22.1 Å². The van der Waals surface area contributed by atoms with E-state index in [1.165, 1.54) is 0 Å². The first-order chi connectivity index (χ1) is 4.39. The Hall–Kier alpha value is -0.0700. The molecule has 0 N–H and O–H groups in total. The van der Waals surface area contributed by atoms with E-state index < -0.39 is 6.16 Å². The lowest BCUT2D eigenvalue weighted by atomic mass is 10.8. The van der Waals surface area contributed by atoms with Crippen molar-refractivity contribution < 1.29 is 17.9 Å². The van der Waals surface area contributed by atoms with E-state index in [-0.39, 0.29) is 6.61 Å². The molecule has 1 aliphatic rings. The largest absolute Gasteiger partial charge is 0.521 e. The number of cyclic esters (lactones) is 1. The second-order valence-electron chi connectivity index (χ2n) is 1.14. The van der Waals surface area contributed by atoms with Gasteiger partial charge in [-0.25, -0.2) is 4.79 Å². The molecular formula is C3H4O4S2. The van der Waals surface area contributed by atoms with E-state index in [1.807, 2.05) is 0 Å². The lowest BCUT2D eigenvalue weighted by Gasteiger charge is -2.06. The third kappa shape index (κ3) is 2.83. The van der Waals surface area contributed by atoms with Crippen LogP contribution in [0.5, 0.6) is 0 Å². The fourth-order valence-electron chi connectivity index (χ4n) is 0.278. The summed E-state index contributed by atoms with van der Waals surface area (Å²) < 4.78 is 13.6. The van der Waals surface area contributed by atoms with Crippen LogP contribution in [0.2, 0.25) is 0 Å². The molecule has 0 radical (unpaired) electrons. The number of carbonyl (C=O) groups is 1. The molecule has 0 aromatic carbocycles. The highest BCUT2D eigenvalue weighted by molar-refractivity contribution is 8.73. The van der Waals surface area contributed by atoms with Gasteiger partial charge in [-0.15, -0.1) is 0 Å². The maximum absolute atomic E-state index is 10.3. The maximum Gasteiger partial charge on any atom is 0.521 e. The van der Waals surface area contributed by atoms with Crippen LogP contribution >= 0.6 is 22.1 Å². The Morgan fingerprint density at radius 1 is 1.33 bits per heavy atom. The molecule has 0 atom stereocenters. The predicted molar refractivity (Wildman–Crippen MR) is 33.6 cm³/mol. The Morgan fingerprint density at radius 2 is 2.22 bits per heavy atom. The van der Waals surface area contributed by atoms with Crippen molar-refractivity contribution in [2.24, 2.45) is 0 Å². The highest BCUT2D eigenvalue weighted by Gasteiger charge is 2.08. The Balaban J connectivity index is 2.20. The van der Waals surface area contributed by atoms with Crippen LogP contribution in [0.3, 0.4) is 0 Å². The lowest BCUT2D eigenvalue weighted by Crippen LogP contribution is -2.09. The highest BCUT2D eigenvalue weighted by Crippen LogP contribution is 2.25. The van der Waals surface area contributed by atoms with E-state index in [0.29, 0.717) is 6.61 Å². The van der Waals surface area contributed by atoms with Gasteiger partial charge < -0.3 is 8.92 Å². The van der Waals surface area contributed by atoms with Gasteiger partial charge in [-0.2, -0.15) is 0 Å². The van der Waals surface area contributed by atoms with Crippen LogP contribution in [0.25, 0.3) is 0 Å². The SMILES string of the molecule is O=C1OCCOSSO1. The van der Waals surface area contributed by atoms with Crippen molar-refractivity contribution in [2.45, 2.75) is 0 Å². The second-order valence-corrected chi connectivity index (χ2v) is 2.63. The summed E-state index contributed by atoms with van der Waals surface area (Å²) in [6.45, 7) is 0.666. The monoisotopic (exact) mass is 168 g/mol. The fourth-order valence-corrected chi connectivity index (χ4v) is 1.16. The van der Waals surface area contributed by atoms with Crippen LogP contribution in [-0.2, 0) is 13.1 Å². The third-order valence-electron chi connectivity index (χ3n) is 0.565. The van der Waals surface area contributed by atoms with Crippen LogP contribution in [0.15, 0.2) is 0 Å². The molecular weight excluding hydrogens is 164 g/mol. The lowest BCUT2D eigenvalue weighted by molar-refractivity contribution is 0.0926. The topological polar surface area (TPSA) is 44.8 Å². The average Bonchev–Trinajstić information content (AvgIpc) is 1.79. The van der Waals surface area contributed by atoms with Gasteiger partial charge in [0.15, 0.2) is 11.1 Å². The van der Waals surface area contributed by atoms with E-state index in [9.17, 15) is 4.79 Å². The molecule has 1 saturated heterocycles. The molecule has 6 heteroatoms. The molecule has 52 valence electrons. The van der Waals surface area contributed by atoms with Crippen molar-refractivity contribution in [1.82, 2.24) is 0 Å². The molecule has 4 nitrogen and oxygen atoms in total. The van der Waals surface area contributed by atoms with Crippen LogP contribution in [0.4, 0.5) is 4.79 Å². The number of ether oxygens (including phenoxy) is 1. The van der Waals surface area contributed by atoms with Crippen molar-refractivity contribution in [2.75, 3.05) is 13.2 Å². The standard InChI is InChI=1S/C3H4O4S2/c4-3-5-1-2-6-8-9-7-3/h1-2H2. The van der Waals surface area contributed by atoms with Crippen LogP contribution < -0.4 is 0 Å². The van der Waals surface area contributed by atoms with Gasteiger partial charge in [0.1, 0.15) is 17.7 Å². The molecule has 0 saturated carbocycles. The zero-order valence-corrected chi connectivity index (χ0v) is 6.00. The third-order valence-corrected chi connectivity index (χ3v) is 1.75. The van der Waals surface area contributed by atoms with Crippen molar-refractivity contribution in [3.63, 3.8) is 0 Å². The van der Waals surface area contributed by atoms with Crippen LogP contribution in [-0.4, -0.2) is 19.4 Å². The summed E-state index contributed by atoms with van der Waals surface area (Å²) in [6.07, 6.45) is -0.657. The van der Waals surface area contributed by atoms with E-state index >= 15 is 0 Å². The molecule has 0 aromatic rings. The van der Waals surface area contributed by atoms with Gasteiger partial charge in [0, 0.05) is 0 Å². The summed E-state index contributed by atoms with van der Waals surface area (Å²) >= 11 is 1.88. The minimum atomic E-state index is -0.657. The first-order valence-electron chi connectivity index (χ1n) is 2.19. The van der Waals surface area contributed by atoms with Crippen LogP contribution in [0, 0.1) is 0 Å². The van der Waals surface area contributed by atoms with E-state index in [1.54, 1.807) is 0 Å². The van der Waals surface area contributed by atoms with Gasteiger partial charge in [-0.05, 0) is 0 Å². The Labute approximate surface area is 60.0 Å². The predicted octanol–water partition coefficient (Wildman–Crippen LogP) is 1.38. The molecule has 1 fully saturated rings. The smallest absolute Gasteiger partial charge is 0.431 e. The van der Waals surface area contributed by atoms with Gasteiger partial charge >= 0.3 is 6.16 Å². The first-order valence-corrected chi connectivity index (χ1v) is 4.19. The summed E-state index contributed by atoms with van der Waals surface area (Å²) in [6, 6.07) is 0. The summed E-state index contributed by atoms with van der Waals surface area (Å²) in [4.78, 5) is 10.3. The van der Waals surface area contributed by atoms with Crippen molar-refractivity contribution in [1.29, 1.82) is 0 Å². The summed E-state index contributed by atoms with van der Waals surface area (Å²) in [7, 11) is 0. The zero-order valence-electron chi connectivity index (χ0n) is 4.36. The molecule has 1 heterocycles. The Kier molecular flexibility index (Phi) is 3.02. The molecule has 0 aromatic heterocycles. The molecule has 1 aliphatic heterocycles. The fraction of sp³-hybridized carbons (Fsp3) is 0.667. The molecule has 0 aliphatic carbocycles. The Bertz CT molecular complexity index is 96.0. The molecule has 0 amide bonds. The van der Waals surface area contributed by atoms with Crippen molar-refractivity contribution >= 4 is 28.3 Å².